The topological polar surface area (TPSA) is 114 Å². The molecule has 3 aromatic rings. The first-order valence-electron chi connectivity index (χ1n) is 8.05. The van der Waals surface area contributed by atoms with Gasteiger partial charge in [-0.3, -0.25) is 19.6 Å². The zero-order chi connectivity index (χ0) is 19.7. The van der Waals surface area contributed by atoms with E-state index in [4.69, 9.17) is 4.74 Å². The molecule has 2 N–H and O–H groups in total. The Kier molecular flexibility index (Phi) is 4.57. The number of imide groups is 1. The summed E-state index contributed by atoms with van der Waals surface area (Å²) in [5, 5.41) is 3.99. The lowest BCUT2D eigenvalue weighted by Gasteiger charge is -2.11. The number of nitrogens with zero attached hydrogens (tertiary/aromatic N) is 1. The van der Waals surface area contributed by atoms with Gasteiger partial charge in [0.15, 0.2) is 0 Å². The number of amides is 2. The lowest BCUT2D eigenvalue weighted by molar-refractivity contribution is 0.0879. The largest absolute Gasteiger partial charge is 0.487 e. The second-order valence-electron chi connectivity index (χ2n) is 5.89. The highest BCUT2D eigenvalue weighted by molar-refractivity contribution is 7.92. The molecule has 1 aromatic heterocycles. The molecule has 0 bridgehead atoms. The van der Waals surface area contributed by atoms with E-state index in [0.717, 1.165) is 5.69 Å². The van der Waals surface area contributed by atoms with E-state index in [1.54, 1.807) is 29.8 Å². The van der Waals surface area contributed by atoms with Gasteiger partial charge >= 0.3 is 0 Å². The van der Waals surface area contributed by atoms with Crippen LogP contribution < -0.4 is 14.8 Å². The number of carbonyl (C=O) groups excluding carboxylic acids is 2. The summed E-state index contributed by atoms with van der Waals surface area (Å²) in [6, 6.07) is 10.3. The number of carbonyl (C=O) groups is 2. The second kappa shape index (κ2) is 7.06. The van der Waals surface area contributed by atoms with Gasteiger partial charge in [0.2, 0.25) is 0 Å². The van der Waals surface area contributed by atoms with Crippen molar-refractivity contribution < 1.29 is 22.7 Å². The van der Waals surface area contributed by atoms with Crippen LogP contribution in [-0.2, 0) is 16.6 Å². The number of rotatable bonds is 6. The summed E-state index contributed by atoms with van der Waals surface area (Å²) in [7, 11) is -3.96. The van der Waals surface area contributed by atoms with Crippen molar-refractivity contribution in [2.45, 2.75) is 11.5 Å². The van der Waals surface area contributed by atoms with Crippen molar-refractivity contribution in [3.8, 4) is 5.75 Å². The summed E-state index contributed by atoms with van der Waals surface area (Å²) in [6.45, 7) is 0.271. The van der Waals surface area contributed by atoms with Crippen LogP contribution in [-0.4, -0.2) is 25.2 Å². The number of fused-ring (bicyclic) bond motifs is 1. The molecule has 0 fully saturated rings. The first-order chi connectivity index (χ1) is 13.4. The number of aromatic nitrogens is 1. The van der Waals surface area contributed by atoms with Crippen LogP contribution in [0, 0.1) is 0 Å². The summed E-state index contributed by atoms with van der Waals surface area (Å²) in [5.74, 6) is -0.677. The highest BCUT2D eigenvalue weighted by atomic mass is 32.2. The summed E-state index contributed by atoms with van der Waals surface area (Å²) >= 11 is 1.46. The molecule has 0 unspecified atom stereocenters. The summed E-state index contributed by atoms with van der Waals surface area (Å²) in [4.78, 5) is 27.4. The van der Waals surface area contributed by atoms with E-state index in [0.29, 0.717) is 11.4 Å². The quantitative estimate of drug-likeness (QED) is 0.598. The number of nitrogens with one attached hydrogen (secondary N) is 2. The van der Waals surface area contributed by atoms with Gasteiger partial charge in [0, 0.05) is 11.4 Å². The molecule has 2 aromatic carbocycles. The Morgan fingerprint density at radius 1 is 1.07 bits per heavy atom. The molecule has 0 atom stereocenters. The first-order valence-corrected chi connectivity index (χ1v) is 10.5. The minimum absolute atomic E-state index is 0.0354. The Balaban J connectivity index is 1.53. The minimum atomic E-state index is -3.96. The molecule has 0 radical (unpaired) electrons. The van der Waals surface area contributed by atoms with E-state index in [2.05, 4.69) is 15.0 Å². The van der Waals surface area contributed by atoms with Gasteiger partial charge in [-0.2, -0.15) is 0 Å². The van der Waals surface area contributed by atoms with Crippen LogP contribution in [0.2, 0.25) is 0 Å². The number of thiazole rings is 1. The smallest absolute Gasteiger partial charge is 0.261 e. The fourth-order valence-corrected chi connectivity index (χ4v) is 4.26. The van der Waals surface area contributed by atoms with Gasteiger partial charge in [0.25, 0.3) is 21.8 Å². The molecule has 0 saturated carbocycles. The van der Waals surface area contributed by atoms with Gasteiger partial charge in [0.05, 0.1) is 32.9 Å². The molecule has 2 heterocycles. The molecule has 0 saturated heterocycles. The first kappa shape index (κ1) is 18.1. The summed E-state index contributed by atoms with van der Waals surface area (Å²) in [5.41, 5.74) is 2.97. The van der Waals surface area contributed by atoms with E-state index < -0.39 is 21.8 Å². The van der Waals surface area contributed by atoms with Crippen molar-refractivity contribution >= 4 is 38.9 Å². The van der Waals surface area contributed by atoms with Gasteiger partial charge in [0.1, 0.15) is 12.4 Å². The highest BCUT2D eigenvalue weighted by Crippen LogP contribution is 2.24. The lowest BCUT2D eigenvalue weighted by atomic mass is 10.1. The fraction of sp³-hybridized carbons (Fsp3) is 0.0556. The van der Waals surface area contributed by atoms with Gasteiger partial charge in [-0.1, -0.05) is 6.07 Å². The Bertz CT molecular complexity index is 1170. The predicted molar refractivity (Wildman–Crippen MR) is 102 cm³/mol. The average molecular weight is 415 g/mol. The van der Waals surface area contributed by atoms with E-state index in [1.165, 1.54) is 29.5 Å². The Morgan fingerprint density at radius 3 is 2.68 bits per heavy atom. The second-order valence-corrected chi connectivity index (χ2v) is 8.29. The van der Waals surface area contributed by atoms with Crippen LogP contribution >= 0.6 is 11.3 Å². The molecule has 8 nitrogen and oxygen atoms in total. The van der Waals surface area contributed by atoms with E-state index in [9.17, 15) is 18.0 Å². The third kappa shape index (κ3) is 3.59. The van der Waals surface area contributed by atoms with Crippen molar-refractivity contribution in [1.29, 1.82) is 0 Å². The van der Waals surface area contributed by atoms with Crippen LogP contribution in [0.5, 0.6) is 5.75 Å². The van der Waals surface area contributed by atoms with Crippen LogP contribution in [0.15, 0.2) is 58.3 Å². The highest BCUT2D eigenvalue weighted by Gasteiger charge is 2.28. The van der Waals surface area contributed by atoms with Crippen LogP contribution in [0.1, 0.15) is 26.4 Å². The maximum Gasteiger partial charge on any atom is 0.261 e. The van der Waals surface area contributed by atoms with Crippen LogP contribution in [0.4, 0.5) is 5.69 Å². The van der Waals surface area contributed by atoms with Crippen molar-refractivity contribution in [1.82, 2.24) is 10.3 Å². The Labute approximate surface area is 164 Å². The zero-order valence-corrected chi connectivity index (χ0v) is 15.8. The van der Waals surface area contributed by atoms with Gasteiger partial charge < -0.3 is 4.74 Å². The minimum Gasteiger partial charge on any atom is -0.487 e. The lowest BCUT2D eigenvalue weighted by Crippen LogP contribution is -2.19. The van der Waals surface area contributed by atoms with Crippen molar-refractivity contribution in [2.24, 2.45) is 0 Å². The molecule has 10 heteroatoms. The number of anilines is 1. The molecule has 4 rings (SSSR count). The van der Waals surface area contributed by atoms with E-state index in [-0.39, 0.29) is 22.6 Å². The molecule has 2 amide bonds. The maximum atomic E-state index is 12.7. The maximum absolute atomic E-state index is 12.7. The molecule has 28 heavy (non-hydrogen) atoms. The third-order valence-corrected chi connectivity index (χ3v) is 5.99. The molecule has 142 valence electrons. The van der Waals surface area contributed by atoms with Crippen LogP contribution in [0.3, 0.4) is 0 Å². The van der Waals surface area contributed by atoms with Gasteiger partial charge in [-0.25, -0.2) is 13.4 Å². The molecular weight excluding hydrogens is 402 g/mol. The summed E-state index contributed by atoms with van der Waals surface area (Å²) < 4.78 is 33.4. The predicted octanol–water partition coefficient (Wildman–Crippen LogP) is 2.41. The van der Waals surface area contributed by atoms with Crippen molar-refractivity contribution in [3.05, 3.63) is 70.2 Å². The third-order valence-electron chi connectivity index (χ3n) is 3.97. The average Bonchev–Trinajstić information content (AvgIpc) is 3.28. The van der Waals surface area contributed by atoms with Crippen molar-refractivity contribution in [2.75, 3.05) is 4.72 Å². The Morgan fingerprint density at radius 2 is 1.89 bits per heavy atom. The number of benzene rings is 2. The fourth-order valence-electron chi connectivity index (χ4n) is 2.64. The molecule has 0 aliphatic carbocycles. The molecule has 0 spiro atoms. The number of hydrogen-bond donors (Lipinski definition) is 2. The standard InChI is InChI=1S/C18H13N3O5S2/c22-17-15-5-4-14(7-16(15)18(23)20-17)28(24,25)21-11-2-1-3-13(6-11)26-8-12-9-27-10-19-12/h1-7,9-10,21H,8H2,(H,20,22,23). The summed E-state index contributed by atoms with van der Waals surface area (Å²) in [6.07, 6.45) is 0. The van der Waals surface area contributed by atoms with E-state index >= 15 is 0 Å². The number of hydrogen-bond acceptors (Lipinski definition) is 7. The monoisotopic (exact) mass is 415 g/mol. The SMILES string of the molecule is O=C1NC(=O)c2cc(S(=O)(=O)Nc3cccc(OCc4cscn4)c3)ccc21. The normalized spacial score (nSPS) is 13.1. The van der Waals surface area contributed by atoms with Crippen LogP contribution in [0.25, 0.3) is 0 Å². The molecule has 1 aliphatic heterocycles. The van der Waals surface area contributed by atoms with E-state index in [1.807, 2.05) is 5.38 Å². The van der Waals surface area contributed by atoms with Crippen molar-refractivity contribution in [3.63, 3.8) is 0 Å². The zero-order valence-electron chi connectivity index (χ0n) is 14.2. The number of sulfonamides is 1. The molecule has 1 aliphatic rings. The van der Waals surface area contributed by atoms with Gasteiger partial charge in [-0.15, -0.1) is 11.3 Å². The Hall–Kier alpha value is -3.24. The number of ether oxygens (including phenoxy) is 1. The van der Waals surface area contributed by atoms with Gasteiger partial charge in [-0.05, 0) is 30.3 Å². The molecular formula is C18H13N3O5S2.